The summed E-state index contributed by atoms with van der Waals surface area (Å²) in [5.74, 6) is 1.43. The zero-order valence-electron chi connectivity index (χ0n) is 20.1. The lowest BCUT2D eigenvalue weighted by molar-refractivity contribution is 0.262. The number of nitrogens with one attached hydrogen (secondary N) is 1. The molecule has 0 radical (unpaired) electrons. The molecule has 0 aliphatic rings. The van der Waals surface area contributed by atoms with Gasteiger partial charge in [-0.2, -0.15) is 5.10 Å². The Balaban J connectivity index is 1.39. The molecule has 184 valence electrons. The van der Waals surface area contributed by atoms with E-state index in [0.717, 1.165) is 6.54 Å². The van der Waals surface area contributed by atoms with Crippen molar-refractivity contribution >= 4 is 33.7 Å². The normalized spacial score (nSPS) is 11.4. The first kappa shape index (κ1) is 23.2. The van der Waals surface area contributed by atoms with Crippen molar-refractivity contribution in [1.29, 1.82) is 0 Å². The third kappa shape index (κ3) is 4.68. The second-order valence-corrected chi connectivity index (χ2v) is 8.48. The minimum atomic E-state index is -0.459. The van der Waals surface area contributed by atoms with Gasteiger partial charge in [0.05, 0.1) is 16.9 Å². The fraction of sp³-hybridized carbons (Fsp3) is 0.200. The largest absolute Gasteiger partial charge is 0.490 e. The Morgan fingerprint density at radius 3 is 2.75 bits per heavy atom. The second kappa shape index (κ2) is 9.62. The van der Waals surface area contributed by atoms with Crippen molar-refractivity contribution in [2.24, 2.45) is 0 Å². The lowest BCUT2D eigenvalue weighted by Crippen LogP contribution is -2.19. The highest BCUT2D eigenvalue weighted by atomic mass is 19.1. The number of likely N-dealkylation sites (N-methyl/N-ethyl adjacent to an activating group) is 1. The molecule has 0 aliphatic heterocycles. The number of fused-ring (bicyclic) bond motifs is 2. The Morgan fingerprint density at radius 2 is 1.92 bits per heavy atom. The highest BCUT2D eigenvalue weighted by molar-refractivity contribution is 5.94. The number of nitrogens with zero attached hydrogens (tertiary/aromatic N) is 6. The first-order chi connectivity index (χ1) is 17.4. The molecule has 3 heterocycles. The Morgan fingerprint density at radius 1 is 1.06 bits per heavy atom. The summed E-state index contributed by atoms with van der Waals surface area (Å²) in [7, 11) is 3.94. The van der Waals surface area contributed by atoms with E-state index in [-0.39, 0.29) is 5.69 Å². The van der Waals surface area contributed by atoms with Crippen LogP contribution < -0.4 is 20.5 Å². The minimum absolute atomic E-state index is 0.248. The highest BCUT2D eigenvalue weighted by Gasteiger charge is 2.15. The van der Waals surface area contributed by atoms with Gasteiger partial charge in [-0.3, -0.25) is 0 Å². The molecule has 0 atom stereocenters. The van der Waals surface area contributed by atoms with Crippen LogP contribution >= 0.6 is 0 Å². The topological polar surface area (TPSA) is 116 Å². The standard InChI is InChI=1S/C25H25FN8O2/c1-15-21(36-16-6-7-34-23(10-16)29-14-31-34)5-4-19(24(15)26)32-25-17-11-18(27)22(35-9-8-33(2)3)12-20(17)28-13-30-25/h4-7,10-14H,8-9,27H2,1-3H3,(H,28,30,32). The number of anilines is 3. The number of benzene rings is 2. The monoisotopic (exact) mass is 488 g/mol. The number of hydrogen-bond acceptors (Lipinski definition) is 9. The maximum absolute atomic E-state index is 15.3. The molecule has 3 aromatic heterocycles. The molecule has 0 bridgehead atoms. The van der Waals surface area contributed by atoms with Crippen molar-refractivity contribution in [3.63, 3.8) is 0 Å². The van der Waals surface area contributed by atoms with Gasteiger partial charge in [0.2, 0.25) is 0 Å². The number of halogens is 1. The number of aromatic nitrogens is 5. The number of nitrogens with two attached hydrogens (primary N) is 1. The zero-order valence-corrected chi connectivity index (χ0v) is 20.1. The molecule has 0 aliphatic carbocycles. The zero-order chi connectivity index (χ0) is 25.2. The van der Waals surface area contributed by atoms with Crippen LogP contribution in [0.4, 0.5) is 21.6 Å². The van der Waals surface area contributed by atoms with Crippen molar-refractivity contribution in [1.82, 2.24) is 29.5 Å². The van der Waals surface area contributed by atoms with Gasteiger partial charge in [-0.15, -0.1) is 0 Å². The molecular weight excluding hydrogens is 463 g/mol. The number of rotatable bonds is 8. The second-order valence-electron chi connectivity index (χ2n) is 8.48. The molecule has 0 unspecified atom stereocenters. The van der Waals surface area contributed by atoms with Crippen molar-refractivity contribution in [2.45, 2.75) is 6.92 Å². The van der Waals surface area contributed by atoms with Crippen LogP contribution in [-0.2, 0) is 0 Å². The maximum Gasteiger partial charge on any atom is 0.158 e. The molecule has 0 spiro atoms. The van der Waals surface area contributed by atoms with Crippen molar-refractivity contribution in [3.8, 4) is 17.2 Å². The number of hydrogen-bond donors (Lipinski definition) is 2. The van der Waals surface area contributed by atoms with Crippen LogP contribution in [0.1, 0.15) is 5.56 Å². The molecule has 5 rings (SSSR count). The van der Waals surface area contributed by atoms with E-state index >= 15 is 4.39 Å². The third-order valence-corrected chi connectivity index (χ3v) is 5.63. The van der Waals surface area contributed by atoms with Crippen LogP contribution in [0.25, 0.3) is 16.6 Å². The fourth-order valence-electron chi connectivity index (χ4n) is 3.65. The van der Waals surface area contributed by atoms with Gasteiger partial charge >= 0.3 is 0 Å². The summed E-state index contributed by atoms with van der Waals surface area (Å²) in [5.41, 5.74) is 8.51. The van der Waals surface area contributed by atoms with Gasteiger partial charge in [0.1, 0.15) is 42.3 Å². The average molecular weight is 489 g/mol. The molecule has 0 saturated heterocycles. The van der Waals surface area contributed by atoms with Crippen molar-refractivity contribution < 1.29 is 13.9 Å². The van der Waals surface area contributed by atoms with Gasteiger partial charge in [0, 0.05) is 35.8 Å². The summed E-state index contributed by atoms with van der Waals surface area (Å²) in [5, 5.41) is 7.77. The molecule has 2 aromatic carbocycles. The van der Waals surface area contributed by atoms with E-state index in [1.165, 1.54) is 12.7 Å². The van der Waals surface area contributed by atoms with Gasteiger partial charge in [0.25, 0.3) is 0 Å². The van der Waals surface area contributed by atoms with E-state index < -0.39 is 5.82 Å². The van der Waals surface area contributed by atoms with Gasteiger partial charge in [-0.25, -0.2) is 23.9 Å². The SMILES string of the molecule is Cc1c(Oc2ccn3ncnc3c2)ccc(Nc2ncnc3cc(OCCN(C)C)c(N)cc23)c1F. The molecule has 0 amide bonds. The van der Waals surface area contributed by atoms with E-state index in [1.807, 2.05) is 19.0 Å². The van der Waals surface area contributed by atoms with E-state index in [2.05, 4.69) is 25.4 Å². The Kier molecular flexibility index (Phi) is 6.21. The van der Waals surface area contributed by atoms with Crippen LogP contribution in [0.3, 0.4) is 0 Å². The van der Waals surface area contributed by atoms with Crippen LogP contribution in [0, 0.1) is 12.7 Å². The molecule has 0 saturated carbocycles. The average Bonchev–Trinajstić information content (AvgIpc) is 3.32. The van der Waals surface area contributed by atoms with Crippen LogP contribution in [0.15, 0.2) is 55.2 Å². The lowest BCUT2D eigenvalue weighted by atomic mass is 10.1. The first-order valence-electron chi connectivity index (χ1n) is 11.2. The van der Waals surface area contributed by atoms with Crippen LogP contribution in [0.5, 0.6) is 17.2 Å². The Hall–Kier alpha value is -4.51. The van der Waals surface area contributed by atoms with E-state index in [4.69, 9.17) is 15.2 Å². The predicted molar refractivity (Wildman–Crippen MR) is 135 cm³/mol. The molecule has 11 heteroatoms. The fourth-order valence-corrected chi connectivity index (χ4v) is 3.65. The molecule has 0 fully saturated rings. The van der Waals surface area contributed by atoms with Gasteiger partial charge in [0.15, 0.2) is 11.5 Å². The molecule has 10 nitrogen and oxygen atoms in total. The number of ether oxygens (including phenoxy) is 2. The maximum atomic E-state index is 15.3. The molecular formula is C25H25FN8O2. The quantitative estimate of drug-likeness (QED) is 0.310. The summed E-state index contributed by atoms with van der Waals surface area (Å²) in [6, 6.07) is 10.3. The predicted octanol–water partition coefficient (Wildman–Crippen LogP) is 4.18. The molecule has 3 N–H and O–H groups in total. The summed E-state index contributed by atoms with van der Waals surface area (Å²) in [6.45, 7) is 2.89. The molecule has 36 heavy (non-hydrogen) atoms. The Labute approximate surface area is 206 Å². The van der Waals surface area contributed by atoms with Gasteiger partial charge in [-0.1, -0.05) is 0 Å². The summed E-state index contributed by atoms with van der Waals surface area (Å²) in [6.07, 6.45) is 4.59. The summed E-state index contributed by atoms with van der Waals surface area (Å²) in [4.78, 5) is 14.8. The number of nitrogen functional groups attached to an aromatic ring is 1. The third-order valence-electron chi connectivity index (χ3n) is 5.63. The van der Waals surface area contributed by atoms with Crippen LogP contribution in [0.2, 0.25) is 0 Å². The van der Waals surface area contributed by atoms with Crippen molar-refractivity contribution in [2.75, 3.05) is 38.3 Å². The lowest BCUT2D eigenvalue weighted by Gasteiger charge is -2.15. The number of pyridine rings is 1. The van der Waals surface area contributed by atoms with Crippen molar-refractivity contribution in [3.05, 3.63) is 66.6 Å². The summed E-state index contributed by atoms with van der Waals surface area (Å²) < 4.78 is 28.7. The minimum Gasteiger partial charge on any atom is -0.490 e. The first-order valence-corrected chi connectivity index (χ1v) is 11.2. The molecule has 5 aromatic rings. The van der Waals surface area contributed by atoms with Crippen LogP contribution in [-0.4, -0.2) is 56.7 Å². The van der Waals surface area contributed by atoms with E-state index in [1.54, 1.807) is 54.0 Å². The van der Waals surface area contributed by atoms with Gasteiger partial charge < -0.3 is 25.4 Å². The van der Waals surface area contributed by atoms with Gasteiger partial charge in [-0.05, 0) is 45.3 Å². The Bertz CT molecular complexity index is 1550. The highest BCUT2D eigenvalue weighted by Crippen LogP contribution is 2.35. The van der Waals surface area contributed by atoms with E-state index in [9.17, 15) is 0 Å². The summed E-state index contributed by atoms with van der Waals surface area (Å²) >= 11 is 0. The smallest absolute Gasteiger partial charge is 0.158 e. The van der Waals surface area contributed by atoms with E-state index in [0.29, 0.717) is 57.5 Å².